The van der Waals surface area contributed by atoms with E-state index in [9.17, 15) is 18.0 Å². The number of carboxylic acids is 1. The third-order valence-electron chi connectivity index (χ3n) is 3.44. The van der Waals surface area contributed by atoms with Crippen molar-refractivity contribution < 1.29 is 23.1 Å². The van der Waals surface area contributed by atoms with Gasteiger partial charge in [0.2, 0.25) is 5.91 Å². The van der Waals surface area contributed by atoms with E-state index in [1.165, 1.54) is 0 Å². The maximum absolute atomic E-state index is 12.0. The molecule has 0 radical (unpaired) electrons. The normalized spacial score (nSPS) is 23.8. The summed E-state index contributed by atoms with van der Waals surface area (Å²) in [5.41, 5.74) is 0. The van der Waals surface area contributed by atoms with Gasteiger partial charge in [-0.1, -0.05) is 6.92 Å². The van der Waals surface area contributed by atoms with Gasteiger partial charge in [-0.25, -0.2) is 8.42 Å². The van der Waals surface area contributed by atoms with Crippen LogP contribution >= 0.6 is 0 Å². The molecule has 6 nitrogen and oxygen atoms in total. The fourth-order valence-electron chi connectivity index (χ4n) is 2.28. The number of sulfone groups is 1. The minimum Gasteiger partial charge on any atom is -0.481 e. The number of aliphatic carboxylic acids is 1. The van der Waals surface area contributed by atoms with Crippen LogP contribution < -0.4 is 5.32 Å². The third-order valence-corrected chi connectivity index (χ3v) is 5.59. The molecule has 0 bridgehead atoms. The highest BCUT2D eigenvalue weighted by Gasteiger charge is 2.34. The SMILES string of the molecule is CCCNC(=O)CS(=O)(=O)C1CCC(C(=O)O)CC1. The number of hydrogen-bond donors (Lipinski definition) is 2. The summed E-state index contributed by atoms with van der Waals surface area (Å²) in [6.07, 6.45) is 2.17. The molecule has 0 aromatic rings. The molecule has 0 unspecified atom stereocenters. The highest BCUT2D eigenvalue weighted by molar-refractivity contribution is 7.92. The Balaban J connectivity index is 2.51. The Morgan fingerprint density at radius 3 is 2.26 bits per heavy atom. The second kappa shape index (κ2) is 6.88. The second-order valence-electron chi connectivity index (χ2n) is 4.97. The summed E-state index contributed by atoms with van der Waals surface area (Å²) in [7, 11) is -3.47. The van der Waals surface area contributed by atoms with Gasteiger partial charge in [-0.3, -0.25) is 9.59 Å². The van der Waals surface area contributed by atoms with Crippen molar-refractivity contribution in [3.05, 3.63) is 0 Å². The predicted octanol–water partition coefficient (Wildman–Crippen LogP) is 0.571. The molecule has 1 saturated carbocycles. The first kappa shape index (κ1) is 15.9. The number of carbonyl (C=O) groups excluding carboxylic acids is 1. The monoisotopic (exact) mass is 291 g/mol. The summed E-state index contributed by atoms with van der Waals surface area (Å²) in [5, 5.41) is 10.8. The zero-order chi connectivity index (χ0) is 14.5. The van der Waals surface area contributed by atoms with E-state index in [4.69, 9.17) is 5.11 Å². The summed E-state index contributed by atoms with van der Waals surface area (Å²) in [5.74, 6) is -2.27. The summed E-state index contributed by atoms with van der Waals surface area (Å²) in [6.45, 7) is 2.36. The van der Waals surface area contributed by atoms with Gasteiger partial charge in [0.05, 0.1) is 11.2 Å². The van der Waals surface area contributed by atoms with E-state index < -0.39 is 38.6 Å². The number of hydrogen-bond acceptors (Lipinski definition) is 4. The largest absolute Gasteiger partial charge is 0.481 e. The highest BCUT2D eigenvalue weighted by Crippen LogP contribution is 2.29. The Kier molecular flexibility index (Phi) is 5.78. The molecule has 2 N–H and O–H groups in total. The zero-order valence-corrected chi connectivity index (χ0v) is 11.9. The molecule has 1 aliphatic rings. The van der Waals surface area contributed by atoms with Gasteiger partial charge in [-0.15, -0.1) is 0 Å². The average molecular weight is 291 g/mol. The third kappa shape index (κ3) is 4.81. The quantitative estimate of drug-likeness (QED) is 0.745. The lowest BCUT2D eigenvalue weighted by molar-refractivity contribution is -0.142. The van der Waals surface area contributed by atoms with Crippen LogP contribution in [-0.2, 0) is 19.4 Å². The lowest BCUT2D eigenvalue weighted by atomic mass is 9.89. The summed E-state index contributed by atoms with van der Waals surface area (Å²) < 4.78 is 24.1. The molecule has 7 heteroatoms. The smallest absolute Gasteiger partial charge is 0.306 e. The van der Waals surface area contributed by atoms with Crippen LogP contribution in [0.2, 0.25) is 0 Å². The van der Waals surface area contributed by atoms with Crippen LogP contribution in [0.5, 0.6) is 0 Å². The molecule has 0 aromatic heterocycles. The van der Waals surface area contributed by atoms with E-state index in [-0.39, 0.29) is 0 Å². The summed E-state index contributed by atoms with van der Waals surface area (Å²) >= 11 is 0. The molecule has 19 heavy (non-hydrogen) atoms. The van der Waals surface area contributed by atoms with Crippen molar-refractivity contribution >= 4 is 21.7 Å². The van der Waals surface area contributed by atoms with Crippen molar-refractivity contribution in [2.24, 2.45) is 5.92 Å². The molecule has 1 fully saturated rings. The molecular weight excluding hydrogens is 270 g/mol. The van der Waals surface area contributed by atoms with E-state index in [2.05, 4.69) is 5.32 Å². The van der Waals surface area contributed by atoms with Gasteiger partial charge >= 0.3 is 5.97 Å². The molecule has 110 valence electrons. The van der Waals surface area contributed by atoms with Gasteiger partial charge < -0.3 is 10.4 Å². The van der Waals surface area contributed by atoms with E-state index in [0.717, 1.165) is 6.42 Å². The molecule has 0 spiro atoms. The van der Waals surface area contributed by atoms with Crippen molar-refractivity contribution in [1.29, 1.82) is 0 Å². The first-order chi connectivity index (χ1) is 8.86. The van der Waals surface area contributed by atoms with Crippen LogP contribution in [0.1, 0.15) is 39.0 Å². The van der Waals surface area contributed by atoms with E-state index >= 15 is 0 Å². The van der Waals surface area contributed by atoms with Gasteiger partial charge in [0.15, 0.2) is 9.84 Å². The Bertz CT molecular complexity index is 423. The van der Waals surface area contributed by atoms with Crippen LogP contribution in [0.3, 0.4) is 0 Å². The Morgan fingerprint density at radius 1 is 1.21 bits per heavy atom. The minimum absolute atomic E-state index is 0.334. The van der Waals surface area contributed by atoms with E-state index in [1.54, 1.807) is 0 Å². The van der Waals surface area contributed by atoms with Crippen LogP contribution in [0.15, 0.2) is 0 Å². The van der Waals surface area contributed by atoms with E-state index in [1.807, 2.05) is 6.92 Å². The zero-order valence-electron chi connectivity index (χ0n) is 11.1. The molecule has 0 aromatic carbocycles. The number of carboxylic acid groups (broad SMARTS) is 1. The number of amides is 1. The lowest BCUT2D eigenvalue weighted by Crippen LogP contribution is -2.37. The molecule has 1 aliphatic carbocycles. The maximum atomic E-state index is 12.0. The molecule has 0 atom stereocenters. The first-order valence-electron chi connectivity index (χ1n) is 6.58. The van der Waals surface area contributed by atoms with Crippen LogP contribution in [-0.4, -0.2) is 42.9 Å². The molecule has 1 amide bonds. The fraction of sp³-hybridized carbons (Fsp3) is 0.833. The van der Waals surface area contributed by atoms with Crippen LogP contribution in [0.25, 0.3) is 0 Å². The number of nitrogens with one attached hydrogen (secondary N) is 1. The Labute approximate surface area is 113 Å². The summed E-state index contributed by atoms with van der Waals surface area (Å²) in [6, 6.07) is 0. The number of carbonyl (C=O) groups is 2. The predicted molar refractivity (Wildman–Crippen MR) is 70.5 cm³/mol. The van der Waals surface area contributed by atoms with Crippen molar-refractivity contribution in [2.75, 3.05) is 12.3 Å². The van der Waals surface area contributed by atoms with Crippen LogP contribution in [0, 0.1) is 5.92 Å². The molecule has 0 saturated heterocycles. The van der Waals surface area contributed by atoms with Gasteiger partial charge in [0, 0.05) is 6.54 Å². The topological polar surface area (TPSA) is 101 Å². The standard InChI is InChI=1S/C12H21NO5S/c1-2-7-13-11(14)8-19(17,18)10-5-3-9(4-6-10)12(15)16/h9-10H,2-8H2,1H3,(H,13,14)(H,15,16). The van der Waals surface area contributed by atoms with Crippen LogP contribution in [0.4, 0.5) is 0 Å². The first-order valence-corrected chi connectivity index (χ1v) is 8.29. The van der Waals surface area contributed by atoms with Gasteiger partial charge in [0.25, 0.3) is 0 Å². The van der Waals surface area contributed by atoms with Crippen molar-refractivity contribution in [2.45, 2.75) is 44.3 Å². The fourth-order valence-corrected chi connectivity index (χ4v) is 3.98. The van der Waals surface area contributed by atoms with Gasteiger partial charge in [0.1, 0.15) is 5.75 Å². The summed E-state index contributed by atoms with van der Waals surface area (Å²) in [4.78, 5) is 22.2. The maximum Gasteiger partial charge on any atom is 0.306 e. The van der Waals surface area contributed by atoms with Crippen molar-refractivity contribution in [3.8, 4) is 0 Å². The molecule has 1 rings (SSSR count). The highest BCUT2D eigenvalue weighted by atomic mass is 32.2. The van der Waals surface area contributed by atoms with E-state index in [0.29, 0.717) is 32.2 Å². The second-order valence-corrected chi connectivity index (χ2v) is 7.25. The Morgan fingerprint density at radius 2 is 1.79 bits per heavy atom. The van der Waals surface area contributed by atoms with Gasteiger partial charge in [-0.05, 0) is 32.1 Å². The number of rotatable bonds is 6. The average Bonchev–Trinajstić information content (AvgIpc) is 2.36. The molecule has 0 aliphatic heterocycles. The Hall–Kier alpha value is -1.11. The molecule has 0 heterocycles. The molecular formula is C12H21NO5S. The van der Waals surface area contributed by atoms with Gasteiger partial charge in [-0.2, -0.15) is 0 Å². The van der Waals surface area contributed by atoms with Crippen molar-refractivity contribution in [3.63, 3.8) is 0 Å². The van der Waals surface area contributed by atoms with Crippen molar-refractivity contribution in [1.82, 2.24) is 5.32 Å². The lowest BCUT2D eigenvalue weighted by Gasteiger charge is -2.25. The minimum atomic E-state index is -3.47.